The quantitative estimate of drug-likeness (QED) is 0.814. The first kappa shape index (κ1) is 18.5. The molecule has 0 spiro atoms. The summed E-state index contributed by atoms with van der Waals surface area (Å²) in [6, 6.07) is 7.99. The van der Waals surface area contributed by atoms with Crippen molar-refractivity contribution in [2.75, 3.05) is 32.1 Å². The number of esters is 1. The summed E-state index contributed by atoms with van der Waals surface area (Å²) in [5.41, 5.74) is 2.08. The molecule has 1 aliphatic heterocycles. The van der Waals surface area contributed by atoms with E-state index in [4.69, 9.17) is 4.74 Å². The van der Waals surface area contributed by atoms with Crippen molar-refractivity contribution in [3.8, 4) is 0 Å². The van der Waals surface area contributed by atoms with Crippen LogP contribution >= 0.6 is 0 Å². The molecule has 0 bridgehead atoms. The molecule has 1 aliphatic rings. The number of benzene rings is 1. The maximum atomic E-state index is 12.4. The second-order valence-electron chi connectivity index (χ2n) is 6.52. The maximum Gasteiger partial charge on any atom is 0.308 e. The Morgan fingerprint density at radius 1 is 1.29 bits per heavy atom. The van der Waals surface area contributed by atoms with Crippen LogP contribution in [0.25, 0.3) is 0 Å². The van der Waals surface area contributed by atoms with E-state index < -0.39 is 0 Å². The predicted molar refractivity (Wildman–Crippen MR) is 95.0 cm³/mol. The van der Waals surface area contributed by atoms with Gasteiger partial charge in [0.15, 0.2) is 0 Å². The average molecular weight is 332 g/mol. The number of ether oxygens (including phenoxy) is 1. The van der Waals surface area contributed by atoms with Crippen LogP contribution in [0.4, 0.5) is 5.69 Å². The Morgan fingerprint density at radius 3 is 2.58 bits per heavy atom. The number of nitrogens with one attached hydrogen (secondary N) is 1. The summed E-state index contributed by atoms with van der Waals surface area (Å²) >= 11 is 0. The Bertz CT molecular complexity index is 565. The van der Waals surface area contributed by atoms with Gasteiger partial charge in [-0.15, -0.1) is 0 Å². The first-order valence-corrected chi connectivity index (χ1v) is 8.74. The van der Waals surface area contributed by atoms with Crippen LogP contribution in [0.5, 0.6) is 0 Å². The van der Waals surface area contributed by atoms with Gasteiger partial charge in [0.2, 0.25) is 5.91 Å². The molecule has 5 heteroatoms. The molecular formula is C19H28N2O3. The number of carbonyl (C=O) groups is 2. The summed E-state index contributed by atoms with van der Waals surface area (Å²) in [5.74, 6) is 0.251. The van der Waals surface area contributed by atoms with Gasteiger partial charge in [0.25, 0.3) is 0 Å². The Hall–Kier alpha value is -1.88. The second-order valence-corrected chi connectivity index (χ2v) is 6.52. The lowest BCUT2D eigenvalue weighted by atomic mass is 9.96. The molecule has 24 heavy (non-hydrogen) atoms. The maximum absolute atomic E-state index is 12.4. The fourth-order valence-electron chi connectivity index (χ4n) is 3.15. The summed E-state index contributed by atoms with van der Waals surface area (Å²) in [7, 11) is 1.43. The third-order valence-electron chi connectivity index (χ3n) is 4.87. The fraction of sp³-hybridized carbons (Fsp3) is 0.579. The number of nitrogens with zero attached hydrogens (tertiary/aromatic N) is 1. The van der Waals surface area contributed by atoms with Crippen LogP contribution in [0.15, 0.2) is 24.3 Å². The molecule has 5 nitrogen and oxygen atoms in total. The van der Waals surface area contributed by atoms with Crippen LogP contribution < -0.4 is 5.32 Å². The van der Waals surface area contributed by atoms with E-state index in [9.17, 15) is 9.59 Å². The van der Waals surface area contributed by atoms with Crippen molar-refractivity contribution in [2.24, 2.45) is 5.92 Å². The second kappa shape index (κ2) is 8.83. The Balaban J connectivity index is 1.88. The Labute approximate surface area is 144 Å². The minimum Gasteiger partial charge on any atom is -0.469 e. The largest absolute Gasteiger partial charge is 0.469 e. The molecule has 1 atom stereocenters. The standard InChI is InChI=1S/C19H28N2O3/c1-4-14(2)16-7-5-6-8-17(16)20-18(22)13-21-11-9-15(10-12-21)19(23)24-3/h5-8,14-15H,4,9-13H2,1-3H3,(H,20,22)/t14-/m1/s1. The number of likely N-dealkylation sites (tertiary alicyclic amines) is 1. The highest BCUT2D eigenvalue weighted by molar-refractivity contribution is 5.93. The van der Waals surface area contributed by atoms with Crippen LogP contribution in [0, 0.1) is 5.92 Å². The minimum absolute atomic E-state index is 0.00210. The molecule has 1 fully saturated rings. The minimum atomic E-state index is -0.137. The molecular weight excluding hydrogens is 304 g/mol. The fourth-order valence-corrected chi connectivity index (χ4v) is 3.15. The zero-order valence-corrected chi connectivity index (χ0v) is 14.9. The molecule has 0 radical (unpaired) electrons. The molecule has 0 aromatic heterocycles. The van der Waals surface area contributed by atoms with E-state index in [2.05, 4.69) is 30.1 Å². The highest BCUT2D eigenvalue weighted by Crippen LogP contribution is 2.26. The van der Waals surface area contributed by atoms with E-state index in [0.29, 0.717) is 12.5 Å². The molecule has 1 aromatic carbocycles. The zero-order chi connectivity index (χ0) is 17.5. The van der Waals surface area contributed by atoms with Gasteiger partial charge in [-0.2, -0.15) is 0 Å². The Kier molecular flexibility index (Phi) is 6.79. The van der Waals surface area contributed by atoms with E-state index in [1.807, 2.05) is 18.2 Å². The average Bonchev–Trinajstić information content (AvgIpc) is 2.61. The van der Waals surface area contributed by atoms with Gasteiger partial charge in [-0.3, -0.25) is 14.5 Å². The van der Waals surface area contributed by atoms with Crippen molar-refractivity contribution in [1.82, 2.24) is 4.90 Å². The van der Waals surface area contributed by atoms with Crippen molar-refractivity contribution < 1.29 is 14.3 Å². The molecule has 0 unspecified atom stereocenters. The molecule has 1 saturated heterocycles. The number of methoxy groups -OCH3 is 1. The first-order valence-electron chi connectivity index (χ1n) is 8.74. The number of carbonyl (C=O) groups excluding carboxylic acids is 2. The van der Waals surface area contributed by atoms with Gasteiger partial charge in [0.05, 0.1) is 19.6 Å². The van der Waals surface area contributed by atoms with E-state index in [0.717, 1.165) is 38.0 Å². The van der Waals surface area contributed by atoms with Gasteiger partial charge < -0.3 is 10.1 Å². The number of amides is 1. The molecule has 0 aliphatic carbocycles. The number of hydrogen-bond acceptors (Lipinski definition) is 4. The summed E-state index contributed by atoms with van der Waals surface area (Å²) in [4.78, 5) is 26.0. The van der Waals surface area contributed by atoms with Crippen molar-refractivity contribution >= 4 is 17.6 Å². The summed E-state index contributed by atoms with van der Waals surface area (Å²) < 4.78 is 4.79. The van der Waals surface area contributed by atoms with Gasteiger partial charge >= 0.3 is 5.97 Å². The molecule has 132 valence electrons. The summed E-state index contributed by atoms with van der Waals surface area (Å²) in [6.45, 7) is 6.18. The lowest BCUT2D eigenvalue weighted by molar-refractivity contribution is -0.147. The normalized spacial score (nSPS) is 17.3. The highest BCUT2D eigenvalue weighted by Gasteiger charge is 2.26. The number of hydrogen-bond donors (Lipinski definition) is 1. The molecule has 1 heterocycles. The number of piperidine rings is 1. The number of anilines is 1. The van der Waals surface area contributed by atoms with Crippen molar-refractivity contribution in [2.45, 2.75) is 39.0 Å². The molecule has 0 saturated carbocycles. The monoisotopic (exact) mass is 332 g/mol. The SMILES string of the molecule is CC[C@@H](C)c1ccccc1NC(=O)CN1CCC(C(=O)OC)CC1. The molecule has 1 amide bonds. The van der Waals surface area contributed by atoms with Crippen LogP contribution in [0.1, 0.15) is 44.6 Å². The van der Waals surface area contributed by atoms with Gasteiger partial charge in [-0.25, -0.2) is 0 Å². The van der Waals surface area contributed by atoms with Gasteiger partial charge in [-0.1, -0.05) is 32.0 Å². The lowest BCUT2D eigenvalue weighted by Crippen LogP contribution is -2.41. The predicted octanol–water partition coefficient (Wildman–Crippen LogP) is 3.02. The van der Waals surface area contributed by atoms with Gasteiger partial charge in [0, 0.05) is 5.69 Å². The van der Waals surface area contributed by atoms with E-state index >= 15 is 0 Å². The summed E-state index contributed by atoms with van der Waals surface area (Å²) in [6.07, 6.45) is 2.54. The van der Waals surface area contributed by atoms with E-state index in [-0.39, 0.29) is 17.8 Å². The van der Waals surface area contributed by atoms with Crippen molar-refractivity contribution in [1.29, 1.82) is 0 Å². The lowest BCUT2D eigenvalue weighted by Gasteiger charge is -2.30. The highest BCUT2D eigenvalue weighted by atomic mass is 16.5. The molecule has 2 rings (SSSR count). The zero-order valence-electron chi connectivity index (χ0n) is 14.9. The first-order chi connectivity index (χ1) is 11.5. The van der Waals surface area contributed by atoms with Crippen LogP contribution in [0.3, 0.4) is 0 Å². The Morgan fingerprint density at radius 2 is 1.96 bits per heavy atom. The summed E-state index contributed by atoms with van der Waals surface area (Å²) in [5, 5.41) is 3.05. The van der Waals surface area contributed by atoms with Crippen molar-refractivity contribution in [3.05, 3.63) is 29.8 Å². The molecule has 1 N–H and O–H groups in total. The third kappa shape index (κ3) is 4.81. The van der Waals surface area contributed by atoms with Gasteiger partial charge in [-0.05, 0) is 49.9 Å². The third-order valence-corrected chi connectivity index (χ3v) is 4.87. The van der Waals surface area contributed by atoms with E-state index in [1.165, 1.54) is 12.7 Å². The smallest absolute Gasteiger partial charge is 0.308 e. The van der Waals surface area contributed by atoms with Crippen LogP contribution in [-0.4, -0.2) is 43.5 Å². The topological polar surface area (TPSA) is 58.6 Å². The van der Waals surface area contributed by atoms with Crippen LogP contribution in [0.2, 0.25) is 0 Å². The molecule has 1 aromatic rings. The number of rotatable bonds is 6. The van der Waals surface area contributed by atoms with Gasteiger partial charge in [0.1, 0.15) is 0 Å². The van der Waals surface area contributed by atoms with Crippen molar-refractivity contribution in [3.63, 3.8) is 0 Å². The number of para-hydroxylation sites is 1. The van der Waals surface area contributed by atoms with Crippen LogP contribution in [-0.2, 0) is 14.3 Å². The van der Waals surface area contributed by atoms with E-state index in [1.54, 1.807) is 0 Å².